The largest absolute Gasteiger partial charge is 0.770 e. The molecule has 5 unspecified atom stereocenters. The normalized spacial score (nSPS) is 24.1. The third-order valence-electron chi connectivity index (χ3n) is 7.51. The van der Waals surface area contributed by atoms with Crippen LogP contribution in [0.2, 0.25) is 0 Å². The summed E-state index contributed by atoms with van der Waals surface area (Å²) in [6.45, 7) is -6.67. The molecular formula is C28H30N4O19P4S-4. The summed E-state index contributed by atoms with van der Waals surface area (Å²) in [7, 11) is -19.1. The molecule has 0 spiro atoms. The van der Waals surface area contributed by atoms with Gasteiger partial charge in [0.25, 0.3) is 29.0 Å². The van der Waals surface area contributed by atoms with Gasteiger partial charge >= 0.3 is 17.9 Å². The number of rotatable bonds is 16. The lowest BCUT2D eigenvalue weighted by molar-refractivity contribution is -0.251. The summed E-state index contributed by atoms with van der Waals surface area (Å²) in [4.78, 5) is 102. The first kappa shape index (κ1) is 43.7. The lowest BCUT2D eigenvalue weighted by atomic mass is 10.1. The van der Waals surface area contributed by atoms with Gasteiger partial charge in [-0.25, -0.2) is 23.0 Å². The van der Waals surface area contributed by atoms with Crippen LogP contribution in [-0.2, 0) is 49.9 Å². The summed E-state index contributed by atoms with van der Waals surface area (Å²) in [6, 6.07) is 16.3. The summed E-state index contributed by atoms with van der Waals surface area (Å²) in [6.07, 6.45) is -6.85. The number of carbonyl (C=O) groups excluding carboxylic acids is 2. The third kappa shape index (κ3) is 13.1. The van der Waals surface area contributed by atoms with E-state index in [-0.39, 0.29) is 22.8 Å². The van der Waals surface area contributed by atoms with E-state index in [2.05, 4.69) is 28.1 Å². The monoisotopic (exact) mass is 882 g/mol. The molecule has 2 heterocycles. The van der Waals surface area contributed by atoms with E-state index in [1.165, 1.54) is 24.3 Å². The van der Waals surface area contributed by atoms with Crippen LogP contribution in [0.1, 0.15) is 31.9 Å². The van der Waals surface area contributed by atoms with Crippen molar-refractivity contribution in [2.45, 2.75) is 55.5 Å². The first-order valence-corrected chi connectivity index (χ1v) is 23.4. The third-order valence-corrected chi connectivity index (χ3v) is 16.1. The topological polar surface area (TPSA) is 338 Å². The molecule has 23 nitrogen and oxygen atoms in total. The summed E-state index contributed by atoms with van der Waals surface area (Å²) in [5.74, 6) is 0. The minimum Gasteiger partial charge on any atom is -0.770 e. The average molecular weight is 883 g/mol. The average Bonchev–Trinajstić information content (AvgIpc) is 3.70. The molecule has 28 heteroatoms. The second kappa shape index (κ2) is 18.4. The maximum atomic E-state index is 13.1. The standard InChI is InChI=1S/C28H34N4O19P4S/c33-22-15-16-32(26(34)31-22)25-24(48-28(36)30-19-11-5-2-6-12-19)23(47-27(35)29-18-9-3-1-4-10-18)21(46-25)17-45-52(37,38)49-53(39,40)50-54(41,42)51-55(43,44)56-20-13-7-8-14-20/h1-6,9-12,15-16,20-21,23-25H,7-8,13-14,17H2,(H,29,35)(H,30,36)(H,37,38)(H,39,40)(H,41,42)(H,43,44)(H,31,33,34)/p-4/t21-,23?,24+,25-/m1/s1. The fraction of sp³-hybridized carbons (Fsp3) is 0.357. The lowest BCUT2D eigenvalue weighted by Gasteiger charge is -2.37. The maximum Gasteiger partial charge on any atom is 0.412 e. The zero-order chi connectivity index (χ0) is 40.7. The summed E-state index contributed by atoms with van der Waals surface area (Å²) in [5, 5.41) is 4.21. The molecule has 2 aromatic carbocycles. The van der Waals surface area contributed by atoms with Crippen LogP contribution in [0.4, 0.5) is 21.0 Å². The van der Waals surface area contributed by atoms with E-state index in [1.54, 1.807) is 36.4 Å². The number of phosphoric acid groups is 3. The fourth-order valence-electron chi connectivity index (χ4n) is 5.33. The zero-order valence-electron chi connectivity index (χ0n) is 28.3. The number of amides is 2. The van der Waals surface area contributed by atoms with Crippen molar-refractivity contribution in [2.75, 3.05) is 17.2 Å². The molecule has 1 aliphatic carbocycles. The number of phosphoric ester groups is 1. The van der Waals surface area contributed by atoms with Crippen molar-refractivity contribution in [1.82, 2.24) is 9.55 Å². The second-order valence-electron chi connectivity index (χ2n) is 11.6. The van der Waals surface area contributed by atoms with Crippen LogP contribution in [0.25, 0.3) is 0 Å². The predicted octanol–water partition coefficient (Wildman–Crippen LogP) is 2.28. The Labute approximate surface area is 319 Å². The van der Waals surface area contributed by atoms with Crippen molar-refractivity contribution in [3.63, 3.8) is 0 Å². The summed E-state index contributed by atoms with van der Waals surface area (Å²) >= 11 is 0.130. The van der Waals surface area contributed by atoms with Crippen LogP contribution in [-0.4, -0.2) is 51.9 Å². The number of nitrogens with zero attached hydrogens (tertiary/aromatic N) is 1. The molecule has 5 rings (SSSR count). The highest BCUT2D eigenvalue weighted by atomic mass is 32.7. The molecule has 3 aromatic rings. The number of hydrogen-bond donors (Lipinski definition) is 3. The molecule has 56 heavy (non-hydrogen) atoms. The number of H-pyrrole nitrogens is 1. The molecule has 3 N–H and O–H groups in total. The van der Waals surface area contributed by atoms with Crippen molar-refractivity contribution < 1.29 is 79.1 Å². The molecule has 1 aromatic heterocycles. The van der Waals surface area contributed by atoms with E-state index < -0.39 is 90.1 Å². The van der Waals surface area contributed by atoms with Gasteiger partial charge in [-0.15, -0.1) is 0 Å². The van der Waals surface area contributed by atoms with Crippen molar-refractivity contribution in [1.29, 1.82) is 0 Å². The highest BCUT2D eigenvalue weighted by Crippen LogP contribution is 2.70. The number of nitrogens with one attached hydrogen (secondary N) is 3. The Morgan fingerprint density at radius 2 is 1.29 bits per heavy atom. The minimum absolute atomic E-state index is 0.130. The van der Waals surface area contributed by atoms with Gasteiger partial charge in [0, 0.05) is 28.9 Å². The Bertz CT molecular complexity index is 2170. The quantitative estimate of drug-likeness (QED) is 0.174. The van der Waals surface area contributed by atoms with Crippen LogP contribution >= 0.6 is 41.6 Å². The van der Waals surface area contributed by atoms with Gasteiger partial charge in [0.15, 0.2) is 25.2 Å². The van der Waals surface area contributed by atoms with Gasteiger partial charge in [0.1, 0.15) is 6.10 Å². The minimum atomic E-state index is -6.54. The van der Waals surface area contributed by atoms with Crippen LogP contribution in [0.5, 0.6) is 0 Å². The zero-order valence-corrected chi connectivity index (χ0v) is 32.6. The van der Waals surface area contributed by atoms with Gasteiger partial charge in [-0.1, -0.05) is 60.6 Å². The Morgan fingerprint density at radius 1 is 0.768 bits per heavy atom. The molecule has 0 bridgehead atoms. The Kier molecular flexibility index (Phi) is 14.4. The summed E-state index contributed by atoms with van der Waals surface area (Å²) < 4.78 is 82.7. The van der Waals surface area contributed by atoms with E-state index in [0.29, 0.717) is 30.3 Å². The van der Waals surface area contributed by atoms with E-state index in [9.17, 15) is 57.0 Å². The molecule has 1 aliphatic heterocycles. The number of hydrogen-bond acceptors (Lipinski definition) is 20. The number of para-hydroxylation sites is 2. The van der Waals surface area contributed by atoms with Crippen LogP contribution in [0.15, 0.2) is 82.5 Å². The SMILES string of the molecule is O=C(Nc1ccccc1)OC1[C@@H](COP(=O)([O-])OP(=O)([O-])OP(=O)([O-])OP(=O)([O-])SC2CCCC2)O[C@@H](n2ccc(=O)[nH]c2=O)[C@H]1OC(=O)Nc1ccccc1. The Balaban J connectivity index is 1.36. The first-order valence-electron chi connectivity index (χ1n) is 16.0. The predicted molar refractivity (Wildman–Crippen MR) is 185 cm³/mol. The van der Waals surface area contributed by atoms with Gasteiger partial charge in [-0.05, 0) is 37.1 Å². The smallest absolute Gasteiger partial charge is 0.412 e. The lowest BCUT2D eigenvalue weighted by Crippen LogP contribution is -2.44. The highest BCUT2D eigenvalue weighted by molar-refractivity contribution is 8.55. The number of ether oxygens (including phenoxy) is 3. The van der Waals surface area contributed by atoms with E-state index >= 15 is 0 Å². The Hall–Kier alpha value is -3.43. The van der Waals surface area contributed by atoms with Gasteiger partial charge in [0.05, 0.1) is 6.61 Å². The number of carbonyl (C=O) groups is 2. The van der Waals surface area contributed by atoms with Crippen molar-refractivity contribution in [3.05, 3.63) is 93.8 Å². The highest BCUT2D eigenvalue weighted by Gasteiger charge is 2.51. The maximum absolute atomic E-state index is 13.1. The number of aromatic amines is 1. The number of anilines is 2. The van der Waals surface area contributed by atoms with Crippen molar-refractivity contribution in [3.8, 4) is 0 Å². The van der Waals surface area contributed by atoms with E-state index in [4.69, 9.17) is 14.2 Å². The van der Waals surface area contributed by atoms with E-state index in [1.807, 2.05) is 4.98 Å². The van der Waals surface area contributed by atoms with Gasteiger partial charge in [-0.3, -0.25) is 47.6 Å². The fourth-order valence-corrected chi connectivity index (χ4v) is 13.4. The molecule has 2 fully saturated rings. The van der Waals surface area contributed by atoms with Crippen molar-refractivity contribution >= 4 is 65.2 Å². The van der Waals surface area contributed by atoms with Gasteiger partial charge < -0.3 is 38.3 Å². The Morgan fingerprint density at radius 3 is 1.84 bits per heavy atom. The molecule has 0 radical (unpaired) electrons. The molecular weight excluding hydrogens is 852 g/mol. The number of benzene rings is 2. The molecule has 2 aliphatic rings. The molecule has 1 saturated carbocycles. The first-order chi connectivity index (χ1) is 26.3. The van der Waals surface area contributed by atoms with Gasteiger partial charge in [-0.2, -0.15) is 0 Å². The van der Waals surface area contributed by atoms with Crippen LogP contribution < -0.4 is 41.5 Å². The second-order valence-corrected chi connectivity index (χ2v) is 20.3. The van der Waals surface area contributed by atoms with Crippen molar-refractivity contribution in [2.24, 2.45) is 0 Å². The van der Waals surface area contributed by atoms with Gasteiger partial charge in [0.2, 0.25) is 0 Å². The van der Waals surface area contributed by atoms with Crippen LogP contribution in [0.3, 0.4) is 0 Å². The number of aromatic nitrogens is 2. The molecule has 1 saturated heterocycles. The molecule has 2 amide bonds. The molecule has 8 atom stereocenters. The van der Waals surface area contributed by atoms with E-state index in [0.717, 1.165) is 12.3 Å². The molecule has 306 valence electrons. The van der Waals surface area contributed by atoms with Crippen LogP contribution in [0, 0.1) is 0 Å². The summed E-state index contributed by atoms with van der Waals surface area (Å²) in [5.41, 5.74) is -1.57.